The molecule has 3 aromatic rings. The van der Waals surface area contributed by atoms with Crippen LogP contribution in [0.25, 0.3) is 0 Å². The molecule has 0 saturated carbocycles. The molecule has 3 nitrogen and oxygen atoms in total. The van der Waals surface area contributed by atoms with Crippen LogP contribution in [-0.2, 0) is 0 Å². The third kappa shape index (κ3) is 3.27. The van der Waals surface area contributed by atoms with E-state index in [4.69, 9.17) is 0 Å². The molecule has 0 spiro atoms. The summed E-state index contributed by atoms with van der Waals surface area (Å²) in [5.74, 6) is -0.452. The summed E-state index contributed by atoms with van der Waals surface area (Å²) in [7, 11) is 0. The van der Waals surface area contributed by atoms with Gasteiger partial charge in [-0.25, -0.2) is 4.39 Å². The van der Waals surface area contributed by atoms with E-state index in [2.05, 4.69) is 5.18 Å². The van der Waals surface area contributed by atoms with Crippen LogP contribution in [0.4, 0.5) is 4.39 Å². The summed E-state index contributed by atoms with van der Waals surface area (Å²) >= 11 is 0. The second-order valence-electron chi connectivity index (χ2n) is 5.38. The molecule has 3 rings (SSSR count). The molecule has 1 atom stereocenters. The Balaban J connectivity index is 1.86. The lowest BCUT2D eigenvalue weighted by atomic mass is 9.96. The van der Waals surface area contributed by atoms with Crippen molar-refractivity contribution in [1.82, 2.24) is 0 Å². The van der Waals surface area contributed by atoms with Crippen LogP contribution in [0.2, 0.25) is 0 Å². The zero-order valence-electron chi connectivity index (χ0n) is 12.7. The van der Waals surface area contributed by atoms with Gasteiger partial charge in [-0.1, -0.05) is 71.9 Å². The Kier molecular flexibility index (Phi) is 4.57. The fourth-order valence-electron chi connectivity index (χ4n) is 2.53. The number of ketones is 1. The SMILES string of the molecule is O=N[C@H](c1ccc(F)cc1)c1ccc(C(=O)c2ccccc2)cc1. The molecule has 24 heavy (non-hydrogen) atoms. The molecule has 0 aliphatic carbocycles. The van der Waals surface area contributed by atoms with E-state index >= 15 is 0 Å². The monoisotopic (exact) mass is 319 g/mol. The Bertz CT molecular complexity index is 843. The summed E-state index contributed by atoms with van der Waals surface area (Å²) in [5.41, 5.74) is 2.40. The highest BCUT2D eigenvalue weighted by Crippen LogP contribution is 2.26. The van der Waals surface area contributed by atoms with Crippen molar-refractivity contribution in [2.45, 2.75) is 6.04 Å². The largest absolute Gasteiger partial charge is 0.289 e. The fraction of sp³-hybridized carbons (Fsp3) is 0.0500. The lowest BCUT2D eigenvalue weighted by Gasteiger charge is -2.10. The van der Waals surface area contributed by atoms with Crippen LogP contribution in [0.5, 0.6) is 0 Å². The zero-order chi connectivity index (χ0) is 16.9. The molecule has 0 fully saturated rings. The van der Waals surface area contributed by atoms with E-state index in [0.717, 1.165) is 0 Å². The summed E-state index contributed by atoms with van der Waals surface area (Å²) in [4.78, 5) is 23.6. The third-order valence-electron chi connectivity index (χ3n) is 3.82. The van der Waals surface area contributed by atoms with Gasteiger partial charge in [0.15, 0.2) is 5.78 Å². The molecular formula is C20H14FNO2. The first kappa shape index (κ1) is 15.7. The number of rotatable bonds is 5. The second-order valence-corrected chi connectivity index (χ2v) is 5.38. The number of nitrogens with zero attached hydrogens (tertiary/aromatic N) is 1. The summed E-state index contributed by atoms with van der Waals surface area (Å²) < 4.78 is 13.0. The van der Waals surface area contributed by atoms with Crippen molar-refractivity contribution >= 4 is 5.78 Å². The first-order chi connectivity index (χ1) is 11.7. The van der Waals surface area contributed by atoms with E-state index < -0.39 is 6.04 Å². The molecule has 3 aromatic carbocycles. The Morgan fingerprint density at radius 1 is 0.750 bits per heavy atom. The smallest absolute Gasteiger partial charge is 0.193 e. The Morgan fingerprint density at radius 2 is 1.25 bits per heavy atom. The van der Waals surface area contributed by atoms with E-state index in [1.807, 2.05) is 18.2 Å². The maximum Gasteiger partial charge on any atom is 0.193 e. The molecule has 0 radical (unpaired) electrons. The van der Waals surface area contributed by atoms with Crippen LogP contribution in [0.1, 0.15) is 33.1 Å². The highest BCUT2D eigenvalue weighted by molar-refractivity contribution is 6.08. The normalized spacial score (nSPS) is 11.7. The molecule has 0 heterocycles. The average molecular weight is 319 g/mol. The van der Waals surface area contributed by atoms with Crippen LogP contribution < -0.4 is 0 Å². The summed E-state index contributed by atoms with van der Waals surface area (Å²) in [5, 5.41) is 3.13. The van der Waals surface area contributed by atoms with Crippen molar-refractivity contribution in [2.75, 3.05) is 0 Å². The number of nitroso groups, excluding NO2 is 1. The molecular weight excluding hydrogens is 305 g/mol. The van der Waals surface area contributed by atoms with Crippen molar-refractivity contribution in [3.63, 3.8) is 0 Å². The van der Waals surface area contributed by atoms with Crippen molar-refractivity contribution < 1.29 is 9.18 Å². The van der Waals surface area contributed by atoms with Gasteiger partial charge in [0.25, 0.3) is 0 Å². The van der Waals surface area contributed by atoms with Crippen LogP contribution in [0.15, 0.2) is 84.0 Å². The fourth-order valence-corrected chi connectivity index (χ4v) is 2.53. The van der Waals surface area contributed by atoms with Gasteiger partial charge in [0, 0.05) is 11.1 Å². The first-order valence-corrected chi connectivity index (χ1v) is 7.46. The summed E-state index contributed by atoms with van der Waals surface area (Å²) in [6.07, 6.45) is 0. The molecule has 0 N–H and O–H groups in total. The highest BCUT2D eigenvalue weighted by atomic mass is 19.1. The summed E-state index contributed by atoms with van der Waals surface area (Å²) in [6.45, 7) is 0. The van der Waals surface area contributed by atoms with Gasteiger partial charge in [-0.2, -0.15) is 0 Å². The van der Waals surface area contributed by atoms with Gasteiger partial charge < -0.3 is 0 Å². The Morgan fingerprint density at radius 3 is 1.79 bits per heavy atom. The molecule has 0 saturated heterocycles. The minimum Gasteiger partial charge on any atom is -0.289 e. The van der Waals surface area contributed by atoms with E-state index in [-0.39, 0.29) is 11.6 Å². The predicted octanol–water partition coefficient (Wildman–Crippen LogP) is 4.91. The topological polar surface area (TPSA) is 46.5 Å². The molecule has 0 bridgehead atoms. The number of hydrogen-bond acceptors (Lipinski definition) is 3. The molecule has 4 heteroatoms. The van der Waals surface area contributed by atoms with E-state index in [1.165, 1.54) is 24.3 Å². The van der Waals surface area contributed by atoms with Crippen molar-refractivity contribution in [2.24, 2.45) is 5.18 Å². The van der Waals surface area contributed by atoms with E-state index in [0.29, 0.717) is 22.3 Å². The standard InChI is InChI=1S/C20H14FNO2/c21-18-12-10-15(11-13-18)19(22-24)14-6-8-17(9-7-14)20(23)16-4-2-1-3-5-16/h1-13,19H/t19-/m0/s1. The molecule has 118 valence electrons. The maximum atomic E-state index is 13.0. The van der Waals surface area contributed by atoms with E-state index in [1.54, 1.807) is 36.4 Å². The van der Waals surface area contributed by atoms with E-state index in [9.17, 15) is 14.1 Å². The van der Waals surface area contributed by atoms with Gasteiger partial charge in [-0.15, -0.1) is 4.91 Å². The van der Waals surface area contributed by atoms with Gasteiger partial charge in [0.2, 0.25) is 0 Å². The van der Waals surface area contributed by atoms with Gasteiger partial charge in [0.05, 0.1) is 0 Å². The van der Waals surface area contributed by atoms with Crippen LogP contribution in [0.3, 0.4) is 0 Å². The Hall–Kier alpha value is -3.14. The minimum atomic E-state index is -0.730. The number of hydrogen-bond donors (Lipinski definition) is 0. The van der Waals surface area contributed by atoms with Crippen molar-refractivity contribution in [3.05, 3.63) is 112 Å². The third-order valence-corrected chi connectivity index (χ3v) is 3.82. The Labute approximate surface area is 138 Å². The second kappa shape index (κ2) is 6.96. The van der Waals surface area contributed by atoms with Crippen molar-refractivity contribution in [1.29, 1.82) is 0 Å². The molecule has 0 aliphatic heterocycles. The molecule has 0 aliphatic rings. The van der Waals surface area contributed by atoms with Gasteiger partial charge >= 0.3 is 0 Å². The number of carbonyl (C=O) groups excluding carboxylic acids is 1. The first-order valence-electron chi connectivity index (χ1n) is 7.46. The lowest BCUT2D eigenvalue weighted by Crippen LogP contribution is -2.02. The number of carbonyl (C=O) groups is 1. The maximum absolute atomic E-state index is 13.0. The lowest BCUT2D eigenvalue weighted by molar-refractivity contribution is 0.103. The van der Waals surface area contributed by atoms with Crippen LogP contribution in [0, 0.1) is 10.7 Å². The molecule has 0 amide bonds. The van der Waals surface area contributed by atoms with Crippen LogP contribution >= 0.6 is 0 Å². The quantitative estimate of drug-likeness (QED) is 0.495. The van der Waals surface area contributed by atoms with Crippen LogP contribution in [-0.4, -0.2) is 5.78 Å². The predicted molar refractivity (Wildman–Crippen MR) is 90.4 cm³/mol. The van der Waals surface area contributed by atoms with Gasteiger partial charge in [-0.05, 0) is 23.3 Å². The number of halogens is 1. The molecule has 0 unspecified atom stereocenters. The van der Waals surface area contributed by atoms with Crippen molar-refractivity contribution in [3.8, 4) is 0 Å². The highest BCUT2D eigenvalue weighted by Gasteiger charge is 2.16. The van der Waals surface area contributed by atoms with Gasteiger partial charge in [0.1, 0.15) is 11.9 Å². The molecule has 0 aromatic heterocycles. The zero-order valence-corrected chi connectivity index (χ0v) is 12.7. The minimum absolute atomic E-state index is 0.0838. The average Bonchev–Trinajstić information content (AvgIpc) is 2.64. The van der Waals surface area contributed by atoms with Gasteiger partial charge in [-0.3, -0.25) is 4.79 Å². The number of benzene rings is 3. The summed E-state index contributed by atoms with van der Waals surface area (Å²) in [6, 6.07) is 20.6.